The minimum absolute atomic E-state index is 0.0613. The van der Waals surface area contributed by atoms with Crippen LogP contribution in [-0.2, 0) is 9.59 Å². The number of rotatable bonds is 5. The highest BCUT2D eigenvalue weighted by atomic mass is 16.4. The minimum Gasteiger partial charge on any atom is -0.478 e. The number of carbonyl (C=O) groups excluding carboxylic acids is 3. The lowest BCUT2D eigenvalue weighted by Gasteiger charge is -2.38. The summed E-state index contributed by atoms with van der Waals surface area (Å²) in [6, 6.07) is 5.05. The van der Waals surface area contributed by atoms with E-state index in [0.29, 0.717) is 5.69 Å². The number of carboxylic acids is 1. The molecular weight excluding hydrogens is 350 g/mol. The second-order valence-electron chi connectivity index (χ2n) is 6.76. The molecule has 8 nitrogen and oxygen atoms in total. The lowest BCUT2D eigenvalue weighted by Crippen LogP contribution is -2.61. The normalized spacial score (nSPS) is 21.0. The van der Waals surface area contributed by atoms with Gasteiger partial charge in [-0.1, -0.05) is 31.9 Å². The van der Waals surface area contributed by atoms with Crippen molar-refractivity contribution in [2.75, 3.05) is 5.32 Å². The molecule has 27 heavy (non-hydrogen) atoms. The maximum absolute atomic E-state index is 12.9. The molecule has 2 aliphatic rings. The number of nitrogens with one attached hydrogen (secondary N) is 2. The first-order chi connectivity index (χ1) is 12.9. The summed E-state index contributed by atoms with van der Waals surface area (Å²) in [6.45, 7) is 3.78. The van der Waals surface area contributed by atoms with E-state index in [-0.39, 0.29) is 17.3 Å². The van der Waals surface area contributed by atoms with Crippen LogP contribution in [0.3, 0.4) is 0 Å². The van der Waals surface area contributed by atoms with E-state index in [0.717, 1.165) is 37.0 Å². The van der Waals surface area contributed by atoms with Crippen LogP contribution in [0.25, 0.3) is 0 Å². The molecule has 0 aromatic heterocycles. The van der Waals surface area contributed by atoms with Crippen LogP contribution in [-0.4, -0.2) is 39.9 Å². The van der Waals surface area contributed by atoms with Crippen LogP contribution in [0.2, 0.25) is 0 Å². The Kier molecular flexibility index (Phi) is 5.25. The Morgan fingerprint density at radius 3 is 2.56 bits per heavy atom. The largest absolute Gasteiger partial charge is 0.478 e. The van der Waals surface area contributed by atoms with Gasteiger partial charge in [-0.15, -0.1) is 0 Å². The van der Waals surface area contributed by atoms with Crippen molar-refractivity contribution < 1.29 is 24.3 Å². The van der Waals surface area contributed by atoms with Gasteiger partial charge in [0.05, 0.1) is 5.56 Å². The van der Waals surface area contributed by atoms with Crippen molar-refractivity contribution in [2.24, 2.45) is 5.92 Å². The van der Waals surface area contributed by atoms with E-state index in [2.05, 4.69) is 17.2 Å². The van der Waals surface area contributed by atoms with Crippen molar-refractivity contribution in [3.63, 3.8) is 0 Å². The minimum atomic E-state index is -1.25. The van der Waals surface area contributed by atoms with Crippen LogP contribution in [0.5, 0.6) is 0 Å². The van der Waals surface area contributed by atoms with Gasteiger partial charge in [-0.2, -0.15) is 0 Å². The molecule has 0 spiro atoms. The van der Waals surface area contributed by atoms with Crippen molar-refractivity contribution >= 4 is 29.5 Å². The van der Waals surface area contributed by atoms with E-state index < -0.39 is 29.7 Å². The van der Waals surface area contributed by atoms with Gasteiger partial charge >= 0.3 is 12.0 Å². The average molecular weight is 371 g/mol. The molecule has 4 amide bonds. The maximum atomic E-state index is 12.9. The fourth-order valence-corrected chi connectivity index (χ4v) is 3.57. The number of hydrogen-bond acceptors (Lipinski definition) is 5. The predicted molar refractivity (Wildman–Crippen MR) is 96.9 cm³/mol. The van der Waals surface area contributed by atoms with Crippen molar-refractivity contribution in [1.82, 2.24) is 10.2 Å². The Morgan fingerprint density at radius 2 is 1.89 bits per heavy atom. The van der Waals surface area contributed by atoms with Gasteiger partial charge in [-0.3, -0.25) is 19.8 Å². The smallest absolute Gasteiger partial charge is 0.335 e. The predicted octanol–water partition coefficient (Wildman–Crippen LogP) is 2.34. The van der Waals surface area contributed by atoms with E-state index in [1.807, 2.05) is 0 Å². The van der Waals surface area contributed by atoms with Gasteiger partial charge in [0, 0.05) is 17.4 Å². The summed E-state index contributed by atoms with van der Waals surface area (Å²) < 4.78 is 0. The van der Waals surface area contributed by atoms with Crippen molar-refractivity contribution in [3.8, 4) is 0 Å². The quantitative estimate of drug-likeness (QED) is 0.684. The third kappa shape index (κ3) is 3.84. The van der Waals surface area contributed by atoms with Crippen molar-refractivity contribution in [1.29, 1.82) is 0 Å². The summed E-state index contributed by atoms with van der Waals surface area (Å²) >= 11 is 0. The number of benzene rings is 1. The molecule has 1 saturated heterocycles. The molecule has 0 bridgehead atoms. The number of hydrogen-bond donors (Lipinski definition) is 3. The molecule has 3 N–H and O–H groups in total. The number of aromatic carboxylic acids is 1. The van der Waals surface area contributed by atoms with E-state index in [1.54, 1.807) is 12.1 Å². The van der Waals surface area contributed by atoms with Gasteiger partial charge in [-0.05, 0) is 31.0 Å². The molecule has 0 unspecified atom stereocenters. The maximum Gasteiger partial charge on any atom is 0.335 e. The zero-order valence-electron chi connectivity index (χ0n) is 14.7. The van der Waals surface area contributed by atoms with E-state index in [1.165, 1.54) is 12.1 Å². The summed E-state index contributed by atoms with van der Waals surface area (Å²) in [6.07, 6.45) is 4.38. The molecule has 0 radical (unpaired) electrons. The number of imide groups is 2. The Bertz CT molecular complexity index is 813. The first-order valence-corrected chi connectivity index (χ1v) is 8.85. The second-order valence-corrected chi connectivity index (χ2v) is 6.76. The standard InChI is InChI=1S/C19H21N3O5/c1-11(20-13-7-5-6-12(10-13)18(25)26)15-16(23)21-19(27)22(17(15)24)14-8-3-2-4-9-14/h5-7,10,14-15,20H,1-4,8-9H2,(H,25,26)(H,21,23,27)/t15-/m1/s1. The van der Waals surface area contributed by atoms with E-state index in [9.17, 15) is 19.2 Å². The number of barbiturate groups is 1. The molecular formula is C19H21N3O5. The number of carboxylic acid groups (broad SMARTS) is 1. The highest BCUT2D eigenvalue weighted by Gasteiger charge is 2.45. The van der Waals surface area contributed by atoms with Crippen LogP contribution < -0.4 is 10.6 Å². The molecule has 1 aromatic carbocycles. The molecule has 1 aromatic rings. The summed E-state index contributed by atoms with van der Waals surface area (Å²) in [7, 11) is 0. The van der Waals surface area contributed by atoms with Crippen LogP contribution in [0.15, 0.2) is 36.5 Å². The topological polar surface area (TPSA) is 116 Å². The molecule has 1 atom stereocenters. The van der Waals surface area contributed by atoms with E-state index in [4.69, 9.17) is 5.11 Å². The second kappa shape index (κ2) is 7.61. The SMILES string of the molecule is C=C(Nc1cccc(C(=O)O)c1)[C@@H]1C(=O)NC(=O)N(C2CCCCC2)C1=O. The molecule has 8 heteroatoms. The zero-order chi connectivity index (χ0) is 19.6. The Labute approximate surface area is 156 Å². The third-order valence-electron chi connectivity index (χ3n) is 4.90. The van der Waals surface area contributed by atoms with Gasteiger partial charge in [0.2, 0.25) is 11.8 Å². The Hall–Kier alpha value is -3.16. The highest BCUT2D eigenvalue weighted by Crippen LogP contribution is 2.28. The molecule has 1 aliphatic heterocycles. The van der Waals surface area contributed by atoms with Gasteiger partial charge < -0.3 is 10.4 Å². The monoisotopic (exact) mass is 371 g/mol. The van der Waals surface area contributed by atoms with Gasteiger partial charge in [0.1, 0.15) is 0 Å². The Morgan fingerprint density at radius 1 is 1.19 bits per heavy atom. The summed E-state index contributed by atoms with van der Waals surface area (Å²) in [5.41, 5.74) is 0.543. The first kappa shape index (κ1) is 18.6. The van der Waals surface area contributed by atoms with Gasteiger partial charge in [0.25, 0.3) is 0 Å². The molecule has 1 saturated carbocycles. The lowest BCUT2D eigenvalue weighted by molar-refractivity contribution is -0.142. The van der Waals surface area contributed by atoms with Crippen molar-refractivity contribution in [3.05, 3.63) is 42.1 Å². The number of carbonyl (C=O) groups is 4. The van der Waals surface area contributed by atoms with Crippen LogP contribution in [0.1, 0.15) is 42.5 Å². The Balaban J connectivity index is 1.79. The molecule has 3 rings (SSSR count). The van der Waals surface area contributed by atoms with Crippen LogP contribution in [0, 0.1) is 5.92 Å². The van der Waals surface area contributed by atoms with Crippen LogP contribution >= 0.6 is 0 Å². The fourth-order valence-electron chi connectivity index (χ4n) is 3.57. The highest BCUT2D eigenvalue weighted by molar-refractivity contribution is 6.18. The number of nitrogens with zero attached hydrogens (tertiary/aromatic N) is 1. The molecule has 1 aliphatic carbocycles. The molecule has 142 valence electrons. The summed E-state index contributed by atoms with van der Waals surface area (Å²) in [5.74, 6) is -3.67. The number of urea groups is 1. The third-order valence-corrected chi connectivity index (χ3v) is 4.90. The number of amides is 4. The van der Waals surface area contributed by atoms with Gasteiger partial charge in [0.15, 0.2) is 5.92 Å². The lowest BCUT2D eigenvalue weighted by atomic mass is 9.91. The average Bonchev–Trinajstić information content (AvgIpc) is 2.62. The zero-order valence-corrected chi connectivity index (χ0v) is 14.7. The van der Waals surface area contributed by atoms with E-state index >= 15 is 0 Å². The fraction of sp³-hybridized carbons (Fsp3) is 0.368. The molecule has 2 fully saturated rings. The molecule has 1 heterocycles. The summed E-state index contributed by atoms with van der Waals surface area (Å²) in [5, 5.41) is 14.1. The first-order valence-electron chi connectivity index (χ1n) is 8.85. The van der Waals surface area contributed by atoms with Crippen LogP contribution in [0.4, 0.5) is 10.5 Å². The van der Waals surface area contributed by atoms with Gasteiger partial charge in [-0.25, -0.2) is 9.59 Å². The van der Waals surface area contributed by atoms with Crippen molar-refractivity contribution in [2.45, 2.75) is 38.1 Å². The summed E-state index contributed by atoms with van der Waals surface area (Å²) in [4.78, 5) is 49.6. The number of anilines is 1.